The zero-order valence-corrected chi connectivity index (χ0v) is 17.8. The molecule has 28 heavy (non-hydrogen) atoms. The molecule has 6 nitrogen and oxygen atoms in total. The molecule has 0 aliphatic carbocycles. The first-order valence-electron chi connectivity index (χ1n) is 8.84. The molecule has 152 valence electrons. The van der Waals surface area contributed by atoms with Crippen LogP contribution < -0.4 is 9.04 Å². The minimum atomic E-state index is -3.58. The van der Waals surface area contributed by atoms with Crippen molar-refractivity contribution in [3.63, 3.8) is 0 Å². The molecule has 0 fully saturated rings. The van der Waals surface area contributed by atoms with Crippen LogP contribution in [-0.2, 0) is 14.8 Å². The molecule has 0 saturated carbocycles. The first-order valence-corrected chi connectivity index (χ1v) is 11.1. The second-order valence-corrected chi connectivity index (χ2v) is 8.87. The van der Waals surface area contributed by atoms with E-state index in [-0.39, 0.29) is 12.5 Å². The molecule has 0 spiro atoms. The molecule has 0 N–H and O–H groups in total. The molecule has 2 aromatic rings. The van der Waals surface area contributed by atoms with Crippen molar-refractivity contribution in [1.82, 2.24) is 4.90 Å². The third-order valence-electron chi connectivity index (χ3n) is 4.21. The SMILES string of the molecule is Cc1ccccc1N(CC(=O)N(C)CCCOc1ccc(Cl)cc1)S(C)(=O)=O. The van der Waals surface area contributed by atoms with Gasteiger partial charge in [0.05, 0.1) is 18.6 Å². The minimum absolute atomic E-state index is 0.238. The predicted molar refractivity (Wildman–Crippen MR) is 113 cm³/mol. The van der Waals surface area contributed by atoms with Gasteiger partial charge in [0.2, 0.25) is 15.9 Å². The lowest BCUT2D eigenvalue weighted by Gasteiger charge is -2.26. The molecule has 0 aliphatic rings. The van der Waals surface area contributed by atoms with E-state index < -0.39 is 10.0 Å². The number of carbonyl (C=O) groups is 1. The fraction of sp³-hybridized carbons (Fsp3) is 0.350. The Labute approximate surface area is 171 Å². The number of ether oxygens (including phenoxy) is 1. The highest BCUT2D eigenvalue weighted by atomic mass is 35.5. The molecule has 0 atom stereocenters. The summed E-state index contributed by atoms with van der Waals surface area (Å²) in [7, 11) is -1.93. The number of hydrogen-bond acceptors (Lipinski definition) is 4. The summed E-state index contributed by atoms with van der Waals surface area (Å²) in [5.41, 5.74) is 1.30. The van der Waals surface area contributed by atoms with Gasteiger partial charge in [-0.15, -0.1) is 0 Å². The molecule has 8 heteroatoms. The van der Waals surface area contributed by atoms with E-state index in [4.69, 9.17) is 16.3 Å². The molecular formula is C20H25ClN2O4S. The molecule has 0 heterocycles. The zero-order valence-electron chi connectivity index (χ0n) is 16.3. The van der Waals surface area contributed by atoms with Gasteiger partial charge in [-0.25, -0.2) is 8.42 Å². The molecule has 0 saturated heterocycles. The van der Waals surface area contributed by atoms with E-state index in [1.54, 1.807) is 43.4 Å². The smallest absolute Gasteiger partial charge is 0.243 e. The fourth-order valence-corrected chi connectivity index (χ4v) is 3.65. The summed E-state index contributed by atoms with van der Waals surface area (Å²) in [5.74, 6) is 0.432. The number of rotatable bonds is 9. The van der Waals surface area contributed by atoms with Crippen molar-refractivity contribution < 1.29 is 17.9 Å². The van der Waals surface area contributed by atoms with Gasteiger partial charge >= 0.3 is 0 Å². The number of anilines is 1. The number of hydrogen-bond donors (Lipinski definition) is 0. The zero-order chi connectivity index (χ0) is 20.7. The molecule has 2 rings (SSSR count). The van der Waals surface area contributed by atoms with Gasteiger partial charge in [0.15, 0.2) is 0 Å². The number of nitrogens with zero attached hydrogens (tertiary/aromatic N) is 2. The Bertz CT molecular complexity index is 901. The highest BCUT2D eigenvalue weighted by molar-refractivity contribution is 7.92. The third-order valence-corrected chi connectivity index (χ3v) is 5.59. The summed E-state index contributed by atoms with van der Waals surface area (Å²) in [4.78, 5) is 14.1. The van der Waals surface area contributed by atoms with E-state index in [2.05, 4.69) is 0 Å². The second kappa shape index (κ2) is 9.80. The Hall–Kier alpha value is -2.25. The molecule has 0 bridgehead atoms. The van der Waals surface area contributed by atoms with Crippen molar-refractivity contribution in [2.24, 2.45) is 0 Å². The number of likely N-dealkylation sites (N-methyl/N-ethyl adjacent to an activating group) is 1. The normalized spacial score (nSPS) is 11.1. The second-order valence-electron chi connectivity index (χ2n) is 6.53. The highest BCUT2D eigenvalue weighted by Crippen LogP contribution is 2.22. The van der Waals surface area contributed by atoms with Crippen molar-refractivity contribution in [3.05, 3.63) is 59.1 Å². The lowest BCUT2D eigenvalue weighted by molar-refractivity contribution is -0.128. The lowest BCUT2D eigenvalue weighted by Crippen LogP contribution is -2.42. The van der Waals surface area contributed by atoms with Gasteiger partial charge in [0.25, 0.3) is 0 Å². The monoisotopic (exact) mass is 424 g/mol. The molecule has 0 unspecified atom stereocenters. The van der Waals surface area contributed by atoms with Crippen LogP contribution in [0.4, 0.5) is 5.69 Å². The van der Waals surface area contributed by atoms with Crippen molar-refractivity contribution in [2.75, 3.05) is 37.3 Å². The van der Waals surface area contributed by atoms with E-state index in [1.807, 2.05) is 19.1 Å². The number of benzene rings is 2. The Kier molecular flexibility index (Phi) is 7.71. The van der Waals surface area contributed by atoms with Gasteiger partial charge in [0.1, 0.15) is 12.3 Å². The van der Waals surface area contributed by atoms with Crippen LogP contribution in [0.3, 0.4) is 0 Å². The number of aryl methyl sites for hydroxylation is 1. The van der Waals surface area contributed by atoms with Crippen molar-refractivity contribution >= 4 is 33.2 Å². The lowest BCUT2D eigenvalue weighted by atomic mass is 10.2. The average molecular weight is 425 g/mol. The highest BCUT2D eigenvalue weighted by Gasteiger charge is 2.23. The average Bonchev–Trinajstić information content (AvgIpc) is 2.64. The first-order chi connectivity index (χ1) is 13.2. The number of halogens is 1. The summed E-state index contributed by atoms with van der Waals surface area (Å²) >= 11 is 5.83. The quantitative estimate of drug-likeness (QED) is 0.579. The Morgan fingerprint density at radius 2 is 1.75 bits per heavy atom. The van der Waals surface area contributed by atoms with Crippen molar-refractivity contribution in [1.29, 1.82) is 0 Å². The number of sulfonamides is 1. The summed E-state index contributed by atoms with van der Waals surface area (Å²) in [5, 5.41) is 0.641. The van der Waals surface area contributed by atoms with Crippen molar-refractivity contribution in [2.45, 2.75) is 13.3 Å². The van der Waals surface area contributed by atoms with Crippen LogP contribution >= 0.6 is 11.6 Å². The topological polar surface area (TPSA) is 66.9 Å². The standard InChI is InChI=1S/C20H25ClN2O4S/c1-16-7-4-5-8-19(16)23(28(3,25)26)15-20(24)22(2)13-6-14-27-18-11-9-17(21)10-12-18/h4-5,7-12H,6,13-15H2,1-3H3. The van der Waals surface area contributed by atoms with Gasteiger partial charge < -0.3 is 9.64 Å². The number of carbonyl (C=O) groups excluding carboxylic acids is 1. The third kappa shape index (κ3) is 6.42. The minimum Gasteiger partial charge on any atom is -0.494 e. The van der Waals surface area contributed by atoms with Gasteiger partial charge in [-0.2, -0.15) is 0 Å². The maximum atomic E-state index is 12.6. The van der Waals surface area contributed by atoms with Crippen LogP contribution in [0.1, 0.15) is 12.0 Å². The van der Waals surface area contributed by atoms with Crippen LogP contribution in [0.25, 0.3) is 0 Å². The number of para-hydroxylation sites is 1. The van der Waals surface area contributed by atoms with Gasteiger partial charge in [-0.1, -0.05) is 29.8 Å². The van der Waals surface area contributed by atoms with E-state index in [0.717, 1.165) is 16.1 Å². The molecule has 0 aliphatic heterocycles. The van der Waals surface area contributed by atoms with Gasteiger partial charge in [-0.3, -0.25) is 9.10 Å². The molecule has 0 aromatic heterocycles. The Morgan fingerprint density at radius 1 is 1.11 bits per heavy atom. The summed E-state index contributed by atoms with van der Waals surface area (Å²) in [6.07, 6.45) is 1.72. The maximum Gasteiger partial charge on any atom is 0.243 e. The predicted octanol–water partition coefficient (Wildman–Crippen LogP) is 3.34. The van der Waals surface area contributed by atoms with E-state index in [1.165, 1.54) is 4.90 Å². The van der Waals surface area contributed by atoms with Gasteiger partial charge in [0, 0.05) is 18.6 Å². The fourth-order valence-electron chi connectivity index (χ4n) is 2.62. The largest absolute Gasteiger partial charge is 0.494 e. The summed E-state index contributed by atoms with van der Waals surface area (Å²) in [6, 6.07) is 14.2. The molecule has 1 amide bonds. The Morgan fingerprint density at radius 3 is 2.36 bits per heavy atom. The van der Waals surface area contributed by atoms with Gasteiger partial charge in [-0.05, 0) is 49.2 Å². The summed E-state index contributed by atoms with van der Waals surface area (Å²) in [6.45, 7) is 2.47. The first kappa shape index (κ1) is 22.0. The van der Waals surface area contributed by atoms with Crippen LogP contribution in [0.15, 0.2) is 48.5 Å². The maximum absolute atomic E-state index is 12.6. The van der Waals surface area contributed by atoms with Crippen molar-refractivity contribution in [3.8, 4) is 5.75 Å². The van der Waals surface area contributed by atoms with E-state index in [0.29, 0.717) is 36.0 Å². The molecule has 2 aromatic carbocycles. The van der Waals surface area contributed by atoms with Crippen LogP contribution in [0.2, 0.25) is 5.02 Å². The Balaban J connectivity index is 1.90. The van der Waals surface area contributed by atoms with E-state index in [9.17, 15) is 13.2 Å². The van der Waals surface area contributed by atoms with Crippen LogP contribution in [0, 0.1) is 6.92 Å². The van der Waals surface area contributed by atoms with Crippen LogP contribution in [-0.4, -0.2) is 52.2 Å². The summed E-state index contributed by atoms with van der Waals surface area (Å²) < 4.78 is 31.2. The molecular weight excluding hydrogens is 400 g/mol. The molecule has 0 radical (unpaired) electrons. The van der Waals surface area contributed by atoms with Crippen LogP contribution in [0.5, 0.6) is 5.75 Å². The number of amides is 1. The van der Waals surface area contributed by atoms with E-state index >= 15 is 0 Å².